The lowest BCUT2D eigenvalue weighted by atomic mass is 9.61. The molecular weight excluding hydrogens is 400 g/mol. The highest BCUT2D eigenvalue weighted by molar-refractivity contribution is 6.03. The van der Waals surface area contributed by atoms with Gasteiger partial charge in [0.1, 0.15) is 0 Å². The Morgan fingerprint density at radius 1 is 1.09 bits per heavy atom. The third-order valence-corrected chi connectivity index (χ3v) is 8.58. The number of ketones is 2. The van der Waals surface area contributed by atoms with Crippen molar-refractivity contribution in [3.8, 4) is 0 Å². The zero-order valence-corrected chi connectivity index (χ0v) is 20.6. The third kappa shape index (κ3) is 4.84. The number of esters is 1. The van der Waals surface area contributed by atoms with Crippen LogP contribution in [0.4, 0.5) is 0 Å². The highest BCUT2D eigenvalue weighted by atomic mass is 16.6. The van der Waals surface area contributed by atoms with E-state index in [9.17, 15) is 14.4 Å². The summed E-state index contributed by atoms with van der Waals surface area (Å²) in [7, 11) is 0. The molecule has 0 saturated heterocycles. The first-order valence-corrected chi connectivity index (χ1v) is 12.3. The van der Waals surface area contributed by atoms with Crippen LogP contribution in [-0.4, -0.2) is 23.1 Å². The third-order valence-electron chi connectivity index (χ3n) is 8.58. The minimum atomic E-state index is -1.13. The minimum Gasteiger partial charge on any atom is -0.448 e. The predicted octanol–water partition coefficient (Wildman–Crippen LogP) is 6.01. The van der Waals surface area contributed by atoms with Crippen LogP contribution in [0.3, 0.4) is 0 Å². The topological polar surface area (TPSA) is 60.4 Å². The second-order valence-corrected chi connectivity index (χ2v) is 11.1. The molecule has 4 heteroatoms. The van der Waals surface area contributed by atoms with Gasteiger partial charge in [-0.2, -0.15) is 0 Å². The fraction of sp³-hybridized carbons (Fsp3) is 0.679. The molecule has 0 amide bonds. The average molecular weight is 441 g/mol. The molecule has 2 saturated carbocycles. The molecule has 3 aliphatic rings. The van der Waals surface area contributed by atoms with Crippen molar-refractivity contribution in [1.29, 1.82) is 0 Å². The molecule has 0 spiro atoms. The fourth-order valence-electron chi connectivity index (χ4n) is 5.94. The highest BCUT2D eigenvalue weighted by Crippen LogP contribution is 2.58. The molecule has 0 heterocycles. The summed E-state index contributed by atoms with van der Waals surface area (Å²) in [6, 6.07) is 0. The van der Waals surface area contributed by atoms with E-state index >= 15 is 0 Å². The van der Waals surface area contributed by atoms with Crippen molar-refractivity contribution in [2.45, 2.75) is 85.7 Å². The van der Waals surface area contributed by atoms with Crippen LogP contribution >= 0.6 is 0 Å². The smallest absolute Gasteiger partial charge is 0.332 e. The fourth-order valence-corrected chi connectivity index (χ4v) is 5.94. The van der Waals surface area contributed by atoms with E-state index in [1.54, 1.807) is 6.92 Å². The van der Waals surface area contributed by atoms with Gasteiger partial charge in [-0.3, -0.25) is 9.59 Å². The van der Waals surface area contributed by atoms with Crippen molar-refractivity contribution in [2.24, 2.45) is 35.0 Å². The maximum atomic E-state index is 12.8. The minimum absolute atomic E-state index is 0.00184. The van der Waals surface area contributed by atoms with Crippen LogP contribution < -0.4 is 0 Å². The van der Waals surface area contributed by atoms with Crippen molar-refractivity contribution in [3.63, 3.8) is 0 Å². The van der Waals surface area contributed by atoms with E-state index in [1.807, 2.05) is 6.08 Å². The van der Waals surface area contributed by atoms with Gasteiger partial charge in [0.05, 0.1) is 0 Å². The van der Waals surface area contributed by atoms with Gasteiger partial charge in [0.2, 0.25) is 0 Å². The molecule has 2 fully saturated rings. The number of carbonyl (C=O) groups excluding carboxylic acids is 3. The van der Waals surface area contributed by atoms with E-state index in [0.29, 0.717) is 48.5 Å². The molecule has 0 N–H and O–H groups in total. The summed E-state index contributed by atoms with van der Waals surface area (Å²) in [6.45, 7) is 13.0. The normalized spacial score (nSPS) is 36.0. The summed E-state index contributed by atoms with van der Waals surface area (Å²) < 4.78 is 5.61. The Labute approximate surface area is 193 Å². The van der Waals surface area contributed by atoms with Gasteiger partial charge in [-0.25, -0.2) is 4.79 Å². The van der Waals surface area contributed by atoms with E-state index in [2.05, 4.69) is 46.8 Å². The number of carbonyl (C=O) groups is 3. The standard InChI is InChI=1S/C28H40O4/c1-18(2)19(3)10-11-20(4)22-12-13-23-21(24(29)14-16-27(22,23)5)17-26(31)32-28(6)15-8-7-9-25(28)30/h7,9-11,17-20,22-23H,8,12-16H2,1-6H3/b11-10+,21-17+/t19-,20+,22+,23-,27+,28+/m0/s1. The molecule has 4 nitrogen and oxygen atoms in total. The molecule has 3 rings (SSSR count). The van der Waals surface area contributed by atoms with Crippen molar-refractivity contribution < 1.29 is 19.1 Å². The molecule has 0 bridgehead atoms. The van der Waals surface area contributed by atoms with Crippen LogP contribution in [0.5, 0.6) is 0 Å². The van der Waals surface area contributed by atoms with E-state index in [4.69, 9.17) is 4.74 Å². The second kappa shape index (κ2) is 9.49. The number of Topliss-reactive ketones (excluding diaryl/α,β-unsaturated/α-hetero) is 1. The Morgan fingerprint density at radius 2 is 1.81 bits per heavy atom. The quantitative estimate of drug-likeness (QED) is 0.288. The lowest BCUT2D eigenvalue weighted by Gasteiger charge is -2.43. The van der Waals surface area contributed by atoms with Crippen LogP contribution in [0, 0.1) is 35.0 Å². The van der Waals surface area contributed by atoms with Crippen molar-refractivity contribution >= 4 is 17.5 Å². The van der Waals surface area contributed by atoms with E-state index in [0.717, 1.165) is 19.3 Å². The first kappa shape index (κ1) is 24.7. The lowest BCUT2D eigenvalue weighted by molar-refractivity contribution is -0.160. The first-order chi connectivity index (χ1) is 15.0. The molecule has 0 aromatic carbocycles. The number of fused-ring (bicyclic) bond motifs is 1. The van der Waals surface area contributed by atoms with Crippen molar-refractivity contribution in [1.82, 2.24) is 0 Å². The summed E-state index contributed by atoms with van der Waals surface area (Å²) in [5, 5.41) is 0. The van der Waals surface area contributed by atoms with Gasteiger partial charge in [0.25, 0.3) is 0 Å². The summed E-state index contributed by atoms with van der Waals surface area (Å²) in [4.78, 5) is 37.9. The summed E-state index contributed by atoms with van der Waals surface area (Å²) in [5.74, 6) is 1.46. The van der Waals surface area contributed by atoms with Gasteiger partial charge in [-0.1, -0.05) is 52.8 Å². The van der Waals surface area contributed by atoms with Crippen molar-refractivity contribution in [2.75, 3.05) is 0 Å². The van der Waals surface area contributed by atoms with Crippen LogP contribution in [0.2, 0.25) is 0 Å². The number of ether oxygens (including phenoxy) is 1. The number of allylic oxidation sites excluding steroid dienone is 4. The average Bonchev–Trinajstić information content (AvgIpc) is 3.08. The van der Waals surface area contributed by atoms with Crippen LogP contribution in [0.15, 0.2) is 36.0 Å². The van der Waals surface area contributed by atoms with E-state index in [1.165, 1.54) is 12.2 Å². The predicted molar refractivity (Wildman–Crippen MR) is 127 cm³/mol. The zero-order valence-electron chi connectivity index (χ0n) is 20.6. The Kier molecular flexibility index (Phi) is 7.31. The number of hydrogen-bond donors (Lipinski definition) is 0. The SMILES string of the molecule is CC(C)[C@@H](C)/C=C/[C@@H](C)[C@H]1CC[C@H]2/C(=C\C(=O)O[C@]3(C)CCC=CC3=O)C(=O)CC[C@]12C. The maximum Gasteiger partial charge on any atom is 0.332 e. The molecule has 0 aromatic rings. The molecule has 32 heavy (non-hydrogen) atoms. The molecule has 0 unspecified atom stereocenters. The zero-order chi connectivity index (χ0) is 23.7. The van der Waals surface area contributed by atoms with Gasteiger partial charge in [-0.05, 0) is 80.1 Å². The van der Waals surface area contributed by atoms with Crippen molar-refractivity contribution in [3.05, 3.63) is 36.0 Å². The Hall–Kier alpha value is -1.97. The number of rotatable bonds is 6. The molecule has 0 aromatic heterocycles. The van der Waals surface area contributed by atoms with Crippen LogP contribution in [0.1, 0.15) is 80.1 Å². The summed E-state index contributed by atoms with van der Waals surface area (Å²) >= 11 is 0. The summed E-state index contributed by atoms with van der Waals surface area (Å²) in [5.41, 5.74) is -0.521. The Balaban J connectivity index is 1.78. The molecule has 0 aliphatic heterocycles. The summed E-state index contributed by atoms with van der Waals surface area (Å²) in [6.07, 6.45) is 13.9. The van der Waals surface area contributed by atoms with Crippen LogP contribution in [0.25, 0.3) is 0 Å². The van der Waals surface area contributed by atoms with Crippen LogP contribution in [-0.2, 0) is 19.1 Å². The second-order valence-electron chi connectivity index (χ2n) is 11.1. The molecule has 6 atom stereocenters. The van der Waals surface area contributed by atoms with Gasteiger partial charge < -0.3 is 4.74 Å². The van der Waals surface area contributed by atoms with Gasteiger partial charge in [0, 0.05) is 18.1 Å². The number of hydrogen-bond acceptors (Lipinski definition) is 4. The molecule has 176 valence electrons. The monoisotopic (exact) mass is 440 g/mol. The molecular formula is C28H40O4. The van der Waals surface area contributed by atoms with E-state index in [-0.39, 0.29) is 22.9 Å². The lowest BCUT2D eigenvalue weighted by Crippen LogP contribution is -2.41. The Bertz CT molecular complexity index is 847. The maximum absolute atomic E-state index is 12.8. The largest absolute Gasteiger partial charge is 0.448 e. The van der Waals surface area contributed by atoms with E-state index < -0.39 is 11.6 Å². The van der Waals surface area contributed by atoms with Gasteiger partial charge in [-0.15, -0.1) is 0 Å². The molecule has 3 aliphatic carbocycles. The van der Waals surface area contributed by atoms with Gasteiger partial charge in [0.15, 0.2) is 17.2 Å². The molecule has 0 radical (unpaired) electrons. The van der Waals surface area contributed by atoms with Gasteiger partial charge >= 0.3 is 5.97 Å². The highest BCUT2D eigenvalue weighted by Gasteiger charge is 2.52. The first-order valence-electron chi connectivity index (χ1n) is 12.3. The Morgan fingerprint density at radius 3 is 2.47 bits per heavy atom.